The van der Waals surface area contributed by atoms with Gasteiger partial charge in [0.25, 0.3) is 0 Å². The van der Waals surface area contributed by atoms with Crippen molar-refractivity contribution in [1.82, 2.24) is 36.3 Å². The molecule has 0 bridgehead atoms. The van der Waals surface area contributed by atoms with E-state index in [2.05, 4.69) is 83.3 Å². The number of hydrogen-bond acceptors (Lipinski definition) is 6. The SMILES string of the molecule is CC/C=C/c1nn(CCCCCCCC)c(=O)n1Cc1ccc(-c2ccccc2C2NNNN2)cc1. The van der Waals surface area contributed by atoms with E-state index < -0.39 is 0 Å². The Balaban J connectivity index is 1.49. The minimum Gasteiger partial charge on any atom is -0.271 e. The van der Waals surface area contributed by atoms with Crippen LogP contribution >= 0.6 is 0 Å². The van der Waals surface area contributed by atoms with Crippen LogP contribution in [0.5, 0.6) is 0 Å². The number of aromatic nitrogens is 3. The van der Waals surface area contributed by atoms with Crippen LogP contribution in [-0.4, -0.2) is 14.3 Å². The smallest absolute Gasteiger partial charge is 0.271 e. The van der Waals surface area contributed by atoms with Crippen LogP contribution in [0.2, 0.25) is 0 Å². The number of nitrogens with zero attached hydrogens (tertiary/aromatic N) is 3. The third-order valence-corrected chi connectivity index (χ3v) is 6.55. The maximum absolute atomic E-state index is 13.2. The highest BCUT2D eigenvalue weighted by atomic mass is 16.2. The summed E-state index contributed by atoms with van der Waals surface area (Å²) in [4.78, 5) is 13.2. The summed E-state index contributed by atoms with van der Waals surface area (Å²) >= 11 is 0. The first-order valence-corrected chi connectivity index (χ1v) is 13.2. The number of nitrogens with one attached hydrogen (secondary N) is 4. The summed E-state index contributed by atoms with van der Waals surface area (Å²) in [5.74, 6) is 0.723. The first-order valence-electron chi connectivity index (χ1n) is 13.2. The first-order chi connectivity index (χ1) is 17.7. The molecule has 192 valence electrons. The Morgan fingerprint density at radius 3 is 2.39 bits per heavy atom. The van der Waals surface area contributed by atoms with Crippen molar-refractivity contribution < 1.29 is 0 Å². The van der Waals surface area contributed by atoms with E-state index in [0.29, 0.717) is 13.1 Å². The molecular weight excluding hydrogens is 450 g/mol. The van der Waals surface area contributed by atoms with E-state index in [0.717, 1.165) is 47.3 Å². The summed E-state index contributed by atoms with van der Waals surface area (Å²) in [6, 6.07) is 16.8. The zero-order valence-corrected chi connectivity index (χ0v) is 21.5. The average molecular weight is 490 g/mol. The van der Waals surface area contributed by atoms with Crippen molar-refractivity contribution in [2.75, 3.05) is 0 Å². The molecule has 0 radical (unpaired) electrons. The number of aryl methyl sites for hydroxylation is 1. The summed E-state index contributed by atoms with van der Waals surface area (Å²) in [6.07, 6.45) is 12.0. The van der Waals surface area contributed by atoms with Crippen molar-refractivity contribution in [2.24, 2.45) is 0 Å². The minimum absolute atomic E-state index is 0.0351. The molecule has 4 N–H and O–H groups in total. The zero-order valence-electron chi connectivity index (χ0n) is 21.5. The fourth-order valence-corrected chi connectivity index (χ4v) is 4.53. The van der Waals surface area contributed by atoms with E-state index in [4.69, 9.17) is 0 Å². The van der Waals surface area contributed by atoms with Crippen molar-refractivity contribution in [1.29, 1.82) is 0 Å². The zero-order chi connectivity index (χ0) is 25.2. The molecule has 0 spiro atoms. The molecule has 4 rings (SSSR count). The summed E-state index contributed by atoms with van der Waals surface area (Å²) in [6.45, 7) is 5.49. The van der Waals surface area contributed by atoms with Gasteiger partial charge >= 0.3 is 5.69 Å². The molecule has 8 heteroatoms. The van der Waals surface area contributed by atoms with Gasteiger partial charge in [0.05, 0.1) is 6.54 Å². The number of hydrazine groups is 3. The van der Waals surface area contributed by atoms with Crippen molar-refractivity contribution in [2.45, 2.75) is 78.0 Å². The van der Waals surface area contributed by atoms with Gasteiger partial charge in [-0.3, -0.25) is 4.57 Å². The summed E-state index contributed by atoms with van der Waals surface area (Å²) in [7, 11) is 0. The van der Waals surface area contributed by atoms with Crippen LogP contribution in [0, 0.1) is 0 Å². The standard InChI is InChI=1S/C28H39N7O/c1-3-5-7-8-9-12-20-35-28(36)34(26(31-35)15-6-4-2)21-22-16-18-23(19-17-22)24-13-10-11-14-25(24)27-29-32-33-30-27/h6,10-11,13-19,27,29-30,32-33H,3-5,7-9,12,20-21H2,1-2H3/b15-6+. The second-order valence-electron chi connectivity index (χ2n) is 9.28. The van der Waals surface area contributed by atoms with Gasteiger partial charge in [0, 0.05) is 6.54 Å². The van der Waals surface area contributed by atoms with Gasteiger partial charge in [-0.2, -0.15) is 16.2 Å². The van der Waals surface area contributed by atoms with Crippen LogP contribution < -0.4 is 27.6 Å². The van der Waals surface area contributed by atoms with Gasteiger partial charge in [-0.15, -0.1) is 0 Å². The lowest BCUT2D eigenvalue weighted by atomic mass is 9.97. The third-order valence-electron chi connectivity index (χ3n) is 6.55. The Hall–Kier alpha value is -3.04. The Bertz CT molecular complexity index is 1170. The van der Waals surface area contributed by atoms with E-state index in [9.17, 15) is 4.79 Å². The van der Waals surface area contributed by atoms with E-state index in [1.54, 1.807) is 9.25 Å². The number of allylic oxidation sites excluding steroid dienone is 1. The van der Waals surface area contributed by atoms with Gasteiger partial charge in [0.15, 0.2) is 5.82 Å². The molecule has 0 unspecified atom stereocenters. The molecular formula is C28H39N7O. The fourth-order valence-electron chi connectivity index (χ4n) is 4.53. The van der Waals surface area contributed by atoms with Crippen LogP contribution in [0.4, 0.5) is 0 Å². The Labute approximate surface area is 213 Å². The van der Waals surface area contributed by atoms with Crippen molar-refractivity contribution in [3.05, 3.63) is 82.0 Å². The van der Waals surface area contributed by atoms with Crippen LogP contribution in [0.25, 0.3) is 17.2 Å². The number of rotatable bonds is 13. The predicted molar refractivity (Wildman–Crippen MR) is 145 cm³/mol. The van der Waals surface area contributed by atoms with Crippen LogP contribution in [0.15, 0.2) is 59.4 Å². The first kappa shape index (κ1) is 26.0. The number of hydrogen-bond donors (Lipinski definition) is 4. The van der Waals surface area contributed by atoms with E-state index in [-0.39, 0.29) is 11.9 Å². The highest BCUT2D eigenvalue weighted by Crippen LogP contribution is 2.28. The van der Waals surface area contributed by atoms with Crippen LogP contribution in [-0.2, 0) is 13.1 Å². The molecule has 0 saturated carbocycles. The molecule has 2 aromatic carbocycles. The molecule has 0 amide bonds. The molecule has 1 fully saturated rings. The monoisotopic (exact) mass is 489 g/mol. The Morgan fingerprint density at radius 2 is 1.64 bits per heavy atom. The van der Waals surface area contributed by atoms with Gasteiger partial charge in [0.2, 0.25) is 0 Å². The second kappa shape index (κ2) is 13.3. The molecule has 1 saturated heterocycles. The minimum atomic E-state index is -0.0372. The largest absolute Gasteiger partial charge is 0.346 e. The van der Waals surface area contributed by atoms with Crippen LogP contribution in [0.1, 0.15) is 81.9 Å². The van der Waals surface area contributed by atoms with Crippen LogP contribution in [0.3, 0.4) is 0 Å². The quantitative estimate of drug-likeness (QED) is 0.261. The summed E-state index contributed by atoms with van der Waals surface area (Å²) in [5.41, 5.74) is 16.5. The van der Waals surface area contributed by atoms with Gasteiger partial charge in [-0.25, -0.2) is 20.3 Å². The van der Waals surface area contributed by atoms with Gasteiger partial charge in [-0.1, -0.05) is 101 Å². The molecule has 1 aliphatic heterocycles. The maximum atomic E-state index is 13.2. The summed E-state index contributed by atoms with van der Waals surface area (Å²) < 4.78 is 3.43. The molecule has 0 atom stereocenters. The maximum Gasteiger partial charge on any atom is 0.346 e. The summed E-state index contributed by atoms with van der Waals surface area (Å²) in [5, 5.41) is 4.65. The number of unbranched alkanes of at least 4 members (excludes halogenated alkanes) is 5. The fraction of sp³-hybridized carbons (Fsp3) is 0.429. The highest BCUT2D eigenvalue weighted by molar-refractivity contribution is 5.68. The molecule has 1 aromatic heterocycles. The topological polar surface area (TPSA) is 87.9 Å². The molecule has 3 aromatic rings. The van der Waals surface area contributed by atoms with Crippen molar-refractivity contribution in [3.8, 4) is 11.1 Å². The van der Waals surface area contributed by atoms with Crippen molar-refractivity contribution >= 4 is 6.08 Å². The highest BCUT2D eigenvalue weighted by Gasteiger charge is 2.18. The Kier molecular flexibility index (Phi) is 9.63. The van der Waals surface area contributed by atoms with Gasteiger partial charge in [-0.05, 0) is 41.2 Å². The lowest BCUT2D eigenvalue weighted by molar-refractivity contribution is 0.511. The van der Waals surface area contributed by atoms with Gasteiger partial charge in [0.1, 0.15) is 6.17 Å². The molecule has 1 aliphatic rings. The molecule has 0 aliphatic carbocycles. The second-order valence-corrected chi connectivity index (χ2v) is 9.28. The molecule has 2 heterocycles. The Morgan fingerprint density at radius 1 is 0.917 bits per heavy atom. The van der Waals surface area contributed by atoms with E-state index in [1.165, 1.54) is 25.7 Å². The van der Waals surface area contributed by atoms with Crippen molar-refractivity contribution in [3.63, 3.8) is 0 Å². The van der Waals surface area contributed by atoms with E-state index in [1.807, 2.05) is 18.2 Å². The number of benzene rings is 2. The molecule has 36 heavy (non-hydrogen) atoms. The lowest BCUT2D eigenvalue weighted by Gasteiger charge is -2.15. The van der Waals surface area contributed by atoms with Gasteiger partial charge < -0.3 is 0 Å². The lowest BCUT2D eigenvalue weighted by Crippen LogP contribution is -2.33. The third kappa shape index (κ3) is 6.59. The molecule has 8 nitrogen and oxygen atoms in total. The normalized spacial score (nSPS) is 14.3. The predicted octanol–water partition coefficient (Wildman–Crippen LogP) is 4.66. The average Bonchev–Trinajstić information content (AvgIpc) is 3.55. The van der Waals surface area contributed by atoms with E-state index >= 15 is 0 Å².